The molecule has 11 nitrogen and oxygen atoms in total. The molecule has 59 heavy (non-hydrogen) atoms. The van der Waals surface area contributed by atoms with Gasteiger partial charge in [-0.05, 0) is 70.6 Å². The highest BCUT2D eigenvalue weighted by Crippen LogP contribution is 2.43. The Hall–Kier alpha value is -2.30. The normalized spacial score (nSPS) is 14.0. The van der Waals surface area contributed by atoms with Gasteiger partial charge in [0.1, 0.15) is 12.7 Å². The van der Waals surface area contributed by atoms with E-state index >= 15 is 0 Å². The van der Waals surface area contributed by atoms with Crippen molar-refractivity contribution in [3.63, 3.8) is 0 Å². The SMILES string of the molecule is CCCCC/C=C\C/C=C\CCCCCCCCCCCCCC(=O)NC(COP(=O)(O)OCC(O)COC(=O)CCCCCCC/C=C\CCCCCCC)C(=O)O. The van der Waals surface area contributed by atoms with Gasteiger partial charge >= 0.3 is 19.8 Å². The molecule has 1 amide bonds. The zero-order valence-corrected chi connectivity index (χ0v) is 38.2. The maximum absolute atomic E-state index is 12.3. The van der Waals surface area contributed by atoms with E-state index in [1.807, 2.05) is 0 Å². The summed E-state index contributed by atoms with van der Waals surface area (Å²) in [5.74, 6) is -2.38. The minimum Gasteiger partial charge on any atom is -0.480 e. The second kappa shape index (κ2) is 42.4. The van der Waals surface area contributed by atoms with E-state index in [4.69, 9.17) is 13.8 Å². The van der Waals surface area contributed by atoms with Gasteiger partial charge in [-0.3, -0.25) is 18.6 Å². The number of unbranched alkanes of at least 4 members (excludes halogenated alkanes) is 24. The second-order valence-electron chi connectivity index (χ2n) is 15.9. The molecule has 0 aliphatic heterocycles. The summed E-state index contributed by atoms with van der Waals surface area (Å²) in [7, 11) is -4.76. The molecular weight excluding hydrogens is 769 g/mol. The number of amides is 1. The molecule has 0 fully saturated rings. The Morgan fingerprint density at radius 2 is 0.932 bits per heavy atom. The fourth-order valence-corrected chi connectivity index (χ4v) is 7.23. The molecule has 0 radical (unpaired) electrons. The van der Waals surface area contributed by atoms with Gasteiger partial charge in [-0.25, -0.2) is 9.36 Å². The standard InChI is InChI=1S/C47H86NO10P/c1-3-5-7-9-11-13-15-17-19-20-21-22-23-24-25-26-28-30-32-34-36-38-45(50)48-44(47(52)53)42-58-59(54,55)57-41-43(49)40-56-46(51)39-37-35-33-31-29-27-18-16-14-12-10-8-6-4-2/h11,13,16-19,43-44,49H,3-10,12,14-15,20-42H2,1-2H3,(H,48,50)(H,52,53)(H,54,55)/b13-11-,18-16-,19-17-. The third-order valence-electron chi connectivity index (χ3n) is 10.2. The molecule has 0 aliphatic carbocycles. The summed E-state index contributed by atoms with van der Waals surface area (Å²) in [6, 6.07) is -1.55. The average molecular weight is 856 g/mol. The second-order valence-corrected chi connectivity index (χ2v) is 17.4. The molecule has 0 aliphatic rings. The number of carbonyl (C=O) groups excluding carboxylic acids is 2. The van der Waals surface area contributed by atoms with E-state index in [0.29, 0.717) is 12.8 Å². The molecule has 0 heterocycles. The Bertz CT molecular complexity index is 1140. The Morgan fingerprint density at radius 1 is 0.542 bits per heavy atom. The average Bonchev–Trinajstić information content (AvgIpc) is 3.21. The predicted octanol–water partition coefficient (Wildman–Crippen LogP) is 12.4. The lowest BCUT2D eigenvalue weighted by molar-refractivity contribution is -0.147. The lowest BCUT2D eigenvalue weighted by atomic mass is 10.0. The predicted molar refractivity (Wildman–Crippen MR) is 240 cm³/mol. The molecule has 0 saturated carbocycles. The number of carboxylic acid groups (broad SMARTS) is 1. The van der Waals surface area contributed by atoms with Crippen molar-refractivity contribution in [2.75, 3.05) is 19.8 Å². The number of phosphoric ester groups is 1. The van der Waals surface area contributed by atoms with E-state index in [1.54, 1.807) is 0 Å². The molecule has 3 atom stereocenters. The number of aliphatic hydroxyl groups is 1. The van der Waals surface area contributed by atoms with Gasteiger partial charge in [-0.2, -0.15) is 0 Å². The molecule has 0 rings (SSSR count). The van der Waals surface area contributed by atoms with Gasteiger partial charge in [0.05, 0.1) is 13.2 Å². The molecule has 4 N–H and O–H groups in total. The third-order valence-corrected chi connectivity index (χ3v) is 11.1. The van der Waals surface area contributed by atoms with Crippen molar-refractivity contribution in [2.45, 2.75) is 225 Å². The highest BCUT2D eigenvalue weighted by Gasteiger charge is 2.28. The Kier molecular flexibility index (Phi) is 40.7. The number of carbonyl (C=O) groups is 3. The fourth-order valence-electron chi connectivity index (χ4n) is 6.46. The van der Waals surface area contributed by atoms with E-state index in [0.717, 1.165) is 64.2 Å². The van der Waals surface area contributed by atoms with Crippen LogP contribution in [0.4, 0.5) is 0 Å². The van der Waals surface area contributed by atoms with E-state index in [2.05, 4.69) is 55.6 Å². The van der Waals surface area contributed by atoms with Crippen LogP contribution in [-0.2, 0) is 32.7 Å². The van der Waals surface area contributed by atoms with Gasteiger partial charge in [0.2, 0.25) is 5.91 Å². The lowest BCUT2D eigenvalue weighted by Crippen LogP contribution is -2.43. The maximum Gasteiger partial charge on any atom is 0.472 e. The summed E-state index contributed by atoms with van der Waals surface area (Å²) < 4.78 is 26.9. The number of aliphatic hydroxyl groups excluding tert-OH is 1. The van der Waals surface area contributed by atoms with Crippen LogP contribution < -0.4 is 5.32 Å². The van der Waals surface area contributed by atoms with Crippen LogP contribution in [0.15, 0.2) is 36.5 Å². The first-order valence-corrected chi connectivity index (χ1v) is 25.0. The van der Waals surface area contributed by atoms with Gasteiger partial charge in [-0.15, -0.1) is 0 Å². The van der Waals surface area contributed by atoms with Crippen molar-refractivity contribution < 1.29 is 47.8 Å². The number of rotatable bonds is 44. The number of aliphatic carboxylic acids is 1. The smallest absolute Gasteiger partial charge is 0.472 e. The number of ether oxygens (including phenoxy) is 1. The van der Waals surface area contributed by atoms with Crippen LogP contribution in [0.5, 0.6) is 0 Å². The van der Waals surface area contributed by atoms with Crippen molar-refractivity contribution in [1.82, 2.24) is 5.32 Å². The van der Waals surface area contributed by atoms with Crippen LogP contribution >= 0.6 is 7.82 Å². The van der Waals surface area contributed by atoms with Gasteiger partial charge in [0.15, 0.2) is 6.04 Å². The number of phosphoric acid groups is 1. The minimum absolute atomic E-state index is 0.143. The van der Waals surface area contributed by atoms with Crippen LogP contribution in [0.2, 0.25) is 0 Å². The summed E-state index contributed by atoms with van der Waals surface area (Å²) in [5.41, 5.74) is 0. The molecule has 12 heteroatoms. The van der Waals surface area contributed by atoms with Crippen molar-refractivity contribution in [1.29, 1.82) is 0 Å². The summed E-state index contributed by atoms with van der Waals surface area (Å²) in [5, 5.41) is 21.9. The quantitative estimate of drug-likeness (QED) is 0.0200. The summed E-state index contributed by atoms with van der Waals surface area (Å²) >= 11 is 0. The first-order valence-electron chi connectivity index (χ1n) is 23.5. The molecular formula is C47H86NO10P. The van der Waals surface area contributed by atoms with Crippen molar-refractivity contribution in [3.05, 3.63) is 36.5 Å². The molecule has 0 aromatic carbocycles. The van der Waals surface area contributed by atoms with Gasteiger partial charge in [0, 0.05) is 12.8 Å². The number of allylic oxidation sites excluding steroid dienone is 6. The summed E-state index contributed by atoms with van der Waals surface area (Å²) in [4.78, 5) is 46.0. The number of carboxylic acids is 1. The molecule has 3 unspecified atom stereocenters. The third kappa shape index (κ3) is 42.2. The van der Waals surface area contributed by atoms with Crippen molar-refractivity contribution in [2.24, 2.45) is 0 Å². The highest BCUT2D eigenvalue weighted by atomic mass is 31.2. The van der Waals surface area contributed by atoms with Gasteiger partial charge in [-0.1, -0.05) is 166 Å². The number of esters is 1. The molecule has 0 aromatic heterocycles. The summed E-state index contributed by atoms with van der Waals surface area (Å²) in [6.07, 6.45) is 45.9. The first kappa shape index (κ1) is 56.7. The van der Waals surface area contributed by atoms with Crippen LogP contribution in [0.3, 0.4) is 0 Å². The van der Waals surface area contributed by atoms with E-state index < -0.39 is 57.6 Å². The maximum atomic E-state index is 12.3. The molecule has 344 valence electrons. The van der Waals surface area contributed by atoms with Crippen LogP contribution in [-0.4, -0.2) is 64.9 Å². The van der Waals surface area contributed by atoms with Gasteiger partial charge < -0.3 is 25.2 Å². The Balaban J connectivity index is 3.87. The fraction of sp³-hybridized carbons (Fsp3) is 0.809. The van der Waals surface area contributed by atoms with Crippen LogP contribution in [0.25, 0.3) is 0 Å². The number of hydrogen-bond donors (Lipinski definition) is 4. The van der Waals surface area contributed by atoms with E-state index in [1.165, 1.54) is 109 Å². The molecule has 0 spiro atoms. The lowest BCUT2D eigenvalue weighted by Gasteiger charge is -2.18. The topological polar surface area (TPSA) is 169 Å². The summed E-state index contributed by atoms with van der Waals surface area (Å²) in [6.45, 7) is 2.56. The molecule has 0 saturated heterocycles. The number of nitrogens with one attached hydrogen (secondary N) is 1. The van der Waals surface area contributed by atoms with Crippen molar-refractivity contribution in [3.8, 4) is 0 Å². The minimum atomic E-state index is -4.76. The number of hydrogen-bond acceptors (Lipinski definition) is 8. The van der Waals surface area contributed by atoms with Crippen LogP contribution in [0.1, 0.15) is 213 Å². The molecule has 0 aromatic rings. The zero-order valence-electron chi connectivity index (χ0n) is 37.3. The Morgan fingerprint density at radius 3 is 1.42 bits per heavy atom. The van der Waals surface area contributed by atoms with E-state index in [9.17, 15) is 34.1 Å². The molecule has 0 bridgehead atoms. The Labute approximate surface area is 359 Å². The van der Waals surface area contributed by atoms with Crippen LogP contribution in [0, 0.1) is 0 Å². The monoisotopic (exact) mass is 856 g/mol. The zero-order chi connectivity index (χ0) is 43.5. The highest BCUT2D eigenvalue weighted by molar-refractivity contribution is 7.47. The largest absolute Gasteiger partial charge is 0.480 e. The first-order chi connectivity index (χ1) is 28.6. The van der Waals surface area contributed by atoms with E-state index in [-0.39, 0.29) is 12.8 Å². The van der Waals surface area contributed by atoms with Crippen molar-refractivity contribution >= 4 is 25.7 Å². The van der Waals surface area contributed by atoms with Gasteiger partial charge in [0.25, 0.3) is 0 Å².